The number of carboxylic acid groups (broad SMARTS) is 1. The van der Waals surface area contributed by atoms with Crippen molar-refractivity contribution in [1.82, 2.24) is 0 Å². The van der Waals surface area contributed by atoms with Gasteiger partial charge in [-0.1, -0.05) is 0 Å². The van der Waals surface area contributed by atoms with E-state index >= 15 is 0 Å². The van der Waals surface area contributed by atoms with Crippen molar-refractivity contribution in [3.63, 3.8) is 0 Å². The fraction of sp³-hybridized carbons (Fsp3) is 0.929. The van der Waals surface area contributed by atoms with Crippen molar-refractivity contribution < 1.29 is 9.90 Å². The molecule has 0 heterocycles. The number of carbonyl (C=O) groups is 1. The van der Waals surface area contributed by atoms with E-state index in [1.807, 2.05) is 0 Å². The van der Waals surface area contributed by atoms with Crippen LogP contribution in [0, 0.1) is 0 Å². The second kappa shape index (κ2) is 18.6. The maximum absolute atomic E-state index is 8.89. The average Bonchev–Trinajstić information content (AvgIpc) is 2.26. The van der Waals surface area contributed by atoms with Crippen LogP contribution in [-0.2, 0) is 4.79 Å². The first-order valence-electron chi connectivity index (χ1n) is 6.97. The van der Waals surface area contributed by atoms with Gasteiger partial charge in [-0.3, -0.25) is 0 Å². The summed E-state index contributed by atoms with van der Waals surface area (Å²) in [7, 11) is 0. The Hall–Kier alpha value is 0.269. The summed E-state index contributed by atoms with van der Waals surface area (Å²) in [5.74, 6) is -1.08. The van der Waals surface area contributed by atoms with E-state index in [1.165, 1.54) is 68.6 Å². The molecule has 0 aliphatic heterocycles. The number of rotatable bonds is 10. The second-order valence-electron chi connectivity index (χ2n) is 4.42. The van der Waals surface area contributed by atoms with Crippen molar-refractivity contribution in [3.8, 4) is 0 Å². The van der Waals surface area contributed by atoms with Gasteiger partial charge in [-0.05, 0) is 6.92 Å². The van der Waals surface area contributed by atoms with Crippen LogP contribution in [0.2, 0.25) is 4.44 Å². The summed E-state index contributed by atoms with van der Waals surface area (Å²) in [6.45, 7) is 3.26. The third-order valence-corrected chi connectivity index (χ3v) is 3.54. The Morgan fingerprint density at radius 3 is 1.47 bits per heavy atom. The number of carbonyl (C=O) groups excluding carboxylic acids is 1. The van der Waals surface area contributed by atoms with E-state index in [-0.39, 0.29) is 0 Å². The van der Waals surface area contributed by atoms with Crippen molar-refractivity contribution >= 4 is 28.5 Å². The molecule has 0 bridgehead atoms. The molecule has 0 saturated carbocycles. The summed E-state index contributed by atoms with van der Waals surface area (Å²) in [5.41, 5.74) is 0. The van der Waals surface area contributed by atoms with Gasteiger partial charge >= 0.3 is 98.1 Å². The zero-order valence-electron chi connectivity index (χ0n) is 11.6. The molecule has 2 nitrogen and oxygen atoms in total. The predicted molar refractivity (Wildman–Crippen MR) is 73.1 cm³/mol. The van der Waals surface area contributed by atoms with Gasteiger partial charge in [-0.2, -0.15) is 0 Å². The minimum atomic E-state index is -1.08. The van der Waals surface area contributed by atoms with Gasteiger partial charge in [0, 0.05) is 5.97 Å². The van der Waals surface area contributed by atoms with E-state index in [9.17, 15) is 0 Å². The monoisotopic (exact) mass is 348 g/mol. The van der Waals surface area contributed by atoms with Crippen LogP contribution in [-0.4, -0.2) is 28.5 Å². The summed E-state index contributed by atoms with van der Waals surface area (Å²) >= 11 is 1.72. The second-order valence-corrected chi connectivity index (χ2v) is 5.85. The molecule has 17 heavy (non-hydrogen) atoms. The number of hydrogen-bond acceptors (Lipinski definition) is 2. The Labute approximate surface area is 121 Å². The van der Waals surface area contributed by atoms with Crippen LogP contribution in [0.3, 0.4) is 0 Å². The van der Waals surface area contributed by atoms with Crippen LogP contribution in [0.1, 0.15) is 78.1 Å². The molecular weight excluding hydrogens is 319 g/mol. The van der Waals surface area contributed by atoms with Gasteiger partial charge in [-0.25, -0.2) is 0 Å². The van der Waals surface area contributed by atoms with Crippen molar-refractivity contribution in [2.75, 3.05) is 0 Å². The van der Waals surface area contributed by atoms with Gasteiger partial charge in [0.25, 0.3) is 0 Å². The first-order chi connectivity index (χ1) is 8.15. The van der Waals surface area contributed by atoms with Crippen molar-refractivity contribution in [3.05, 3.63) is 0 Å². The van der Waals surface area contributed by atoms with E-state index in [2.05, 4.69) is 6.92 Å². The molecule has 0 fully saturated rings. The summed E-state index contributed by atoms with van der Waals surface area (Å²) in [5, 5.41) is 8.89. The fourth-order valence-corrected chi connectivity index (χ4v) is 2.33. The van der Waals surface area contributed by atoms with E-state index in [4.69, 9.17) is 9.90 Å². The van der Waals surface area contributed by atoms with Crippen LogP contribution in [0.5, 0.6) is 0 Å². The summed E-state index contributed by atoms with van der Waals surface area (Å²) in [6.07, 6.45) is 14.7. The number of carboxylic acids is 1. The standard InChI is InChI=1S/C12H25.C2H4O2.Sn/c1-3-5-7-9-11-12-10-8-6-4-2;1-2(3)4;/h1,3-12H2,2H3;1H3,(H,3,4);/q;;+1/p-1. The van der Waals surface area contributed by atoms with E-state index < -0.39 is 5.97 Å². The Morgan fingerprint density at radius 2 is 1.18 bits per heavy atom. The van der Waals surface area contributed by atoms with Gasteiger partial charge in [0.05, 0.1) is 0 Å². The molecule has 0 unspecified atom stereocenters. The SMILES string of the molecule is CC(=O)[O-].CCCCCCCCCCC[CH2][Sn+]. The first-order valence-corrected chi connectivity index (χ1v) is 8.99. The molecule has 0 spiro atoms. The number of aliphatic carboxylic acids is 1. The number of unbranched alkanes of at least 4 members (excludes halogenated alkanes) is 9. The van der Waals surface area contributed by atoms with Gasteiger partial charge in [0.1, 0.15) is 0 Å². The molecule has 0 aromatic heterocycles. The predicted octanol–water partition coefficient (Wildman–Crippen LogP) is 3.25. The van der Waals surface area contributed by atoms with Crippen molar-refractivity contribution in [1.29, 1.82) is 0 Å². The molecule has 0 aliphatic rings. The quantitative estimate of drug-likeness (QED) is 0.450. The molecule has 0 aromatic carbocycles. The Balaban J connectivity index is 0. The van der Waals surface area contributed by atoms with Gasteiger partial charge < -0.3 is 9.90 Å². The third-order valence-electron chi connectivity index (χ3n) is 2.53. The molecule has 0 amide bonds. The zero-order valence-corrected chi connectivity index (χ0v) is 14.4. The van der Waals surface area contributed by atoms with E-state index in [1.54, 1.807) is 22.5 Å². The van der Waals surface area contributed by atoms with Crippen LogP contribution in [0.4, 0.5) is 0 Å². The van der Waals surface area contributed by atoms with Crippen LogP contribution in [0.25, 0.3) is 0 Å². The summed E-state index contributed by atoms with van der Waals surface area (Å²) < 4.78 is 1.46. The molecular formula is C14H28O2Sn. The minimum absolute atomic E-state index is 0.972. The van der Waals surface area contributed by atoms with Crippen LogP contribution in [0.15, 0.2) is 0 Å². The Bertz CT molecular complexity index is 135. The summed E-state index contributed by atoms with van der Waals surface area (Å²) in [4.78, 5) is 8.89. The molecule has 3 heteroatoms. The maximum atomic E-state index is 8.89. The van der Waals surface area contributed by atoms with E-state index in [0.29, 0.717) is 0 Å². The van der Waals surface area contributed by atoms with Crippen LogP contribution >= 0.6 is 0 Å². The van der Waals surface area contributed by atoms with Crippen molar-refractivity contribution in [2.24, 2.45) is 0 Å². The molecule has 0 atom stereocenters. The Morgan fingerprint density at radius 1 is 0.882 bits per heavy atom. The molecule has 0 aliphatic carbocycles. The number of hydrogen-bond donors (Lipinski definition) is 0. The molecule has 0 saturated heterocycles. The first kappa shape index (κ1) is 19.6. The van der Waals surface area contributed by atoms with Gasteiger partial charge in [-0.15, -0.1) is 0 Å². The normalized spacial score (nSPS) is 9.53. The average molecular weight is 347 g/mol. The fourth-order valence-electron chi connectivity index (χ4n) is 1.61. The van der Waals surface area contributed by atoms with Crippen LogP contribution < -0.4 is 5.11 Å². The molecule has 0 N–H and O–H groups in total. The topological polar surface area (TPSA) is 40.1 Å². The van der Waals surface area contributed by atoms with Crippen molar-refractivity contribution in [2.45, 2.75) is 82.5 Å². The summed E-state index contributed by atoms with van der Waals surface area (Å²) in [6, 6.07) is 0. The Kier molecular flexibility index (Phi) is 21.5. The molecule has 2 radical (unpaired) electrons. The molecule has 100 valence electrons. The molecule has 0 aromatic rings. The third kappa shape index (κ3) is 31.4. The zero-order chi connectivity index (χ0) is 13.4. The van der Waals surface area contributed by atoms with E-state index in [0.717, 1.165) is 6.92 Å². The molecule has 0 rings (SSSR count). The van der Waals surface area contributed by atoms with Gasteiger partial charge in [0.15, 0.2) is 0 Å². The van der Waals surface area contributed by atoms with Gasteiger partial charge in [0.2, 0.25) is 0 Å².